The number of fused-ring (bicyclic) bond motifs is 6. The van der Waals surface area contributed by atoms with E-state index >= 15 is 0 Å². The normalized spacial score (nSPS) is 14.7. The number of ether oxygens (including phenoxy) is 3. The highest BCUT2D eigenvalue weighted by molar-refractivity contribution is 6.03. The molecule has 77 heavy (non-hydrogen) atoms. The molecule has 0 radical (unpaired) electrons. The Morgan fingerprint density at radius 3 is 1.66 bits per heavy atom. The fraction of sp³-hybridized carbons (Fsp3) is 0.296. The van der Waals surface area contributed by atoms with Crippen LogP contribution < -0.4 is 42.1 Å². The number of nitrogens with zero attached hydrogens (tertiary/aromatic N) is 3. The third-order valence-corrected chi connectivity index (χ3v) is 12.5. The molecule has 0 saturated heterocycles. The Balaban J connectivity index is 0.881. The van der Waals surface area contributed by atoms with Crippen molar-refractivity contribution < 1.29 is 67.6 Å². The van der Waals surface area contributed by atoms with Gasteiger partial charge in [0.05, 0.1) is 28.1 Å². The molecule has 9 N–H and O–H groups in total. The van der Waals surface area contributed by atoms with Crippen LogP contribution >= 0.6 is 0 Å². The first-order valence-corrected chi connectivity index (χ1v) is 24.3. The van der Waals surface area contributed by atoms with Crippen molar-refractivity contribution in [2.75, 3.05) is 25.5 Å². The van der Waals surface area contributed by atoms with Gasteiger partial charge in [-0.3, -0.25) is 19.2 Å². The summed E-state index contributed by atoms with van der Waals surface area (Å²) in [6.07, 6.45) is 1.21. The van der Waals surface area contributed by atoms with E-state index in [1.54, 1.807) is 12.1 Å². The number of carbonyl (C=O) groups excluding carboxylic acids is 8. The molecule has 402 valence electrons. The van der Waals surface area contributed by atoms with Crippen LogP contribution in [0.5, 0.6) is 23.0 Å². The quantitative estimate of drug-likeness (QED) is 0.0131. The van der Waals surface area contributed by atoms with Crippen LogP contribution in [0.4, 0.5) is 17.1 Å². The molecule has 0 fully saturated rings. The van der Waals surface area contributed by atoms with E-state index in [0.717, 1.165) is 5.69 Å². The smallest absolute Gasteiger partial charge is 0.356 e. The summed E-state index contributed by atoms with van der Waals surface area (Å²) < 4.78 is 17.1. The molecule has 23 nitrogen and oxygen atoms in total. The minimum Gasteiger partial charge on any atom is -0.508 e. The Bertz CT molecular complexity index is 3080. The van der Waals surface area contributed by atoms with Crippen molar-refractivity contribution in [3.63, 3.8) is 0 Å². The first kappa shape index (κ1) is 55.5. The van der Waals surface area contributed by atoms with Gasteiger partial charge >= 0.3 is 23.9 Å². The first-order valence-electron chi connectivity index (χ1n) is 24.3. The molecule has 0 saturated carbocycles. The number of rotatable bonds is 20. The van der Waals surface area contributed by atoms with E-state index in [-0.39, 0.29) is 51.7 Å². The van der Waals surface area contributed by atoms with Crippen molar-refractivity contribution in [2.24, 2.45) is 16.0 Å². The number of azo groups is 1. The summed E-state index contributed by atoms with van der Waals surface area (Å²) in [5.41, 5.74) is 9.42. The summed E-state index contributed by atoms with van der Waals surface area (Å²) in [6.45, 7) is 5.62. The number of carbonyl (C=O) groups is 8. The maximum Gasteiger partial charge on any atom is 0.356 e. The second-order valence-electron chi connectivity index (χ2n) is 18.4. The van der Waals surface area contributed by atoms with Gasteiger partial charge in [0.15, 0.2) is 5.60 Å². The van der Waals surface area contributed by atoms with Crippen molar-refractivity contribution in [3.8, 4) is 23.0 Å². The Morgan fingerprint density at radius 1 is 0.623 bits per heavy atom. The molecule has 23 heteroatoms. The van der Waals surface area contributed by atoms with Crippen LogP contribution in [0, 0.1) is 0 Å². The van der Waals surface area contributed by atoms with Gasteiger partial charge in [-0.05, 0) is 144 Å². The van der Waals surface area contributed by atoms with Crippen molar-refractivity contribution in [1.29, 1.82) is 0 Å². The second kappa shape index (κ2) is 24.0. The van der Waals surface area contributed by atoms with Crippen LogP contribution in [0.15, 0.2) is 113 Å². The number of esters is 3. The minimum atomic E-state index is -1.70. The zero-order valence-electron chi connectivity index (χ0n) is 42.7. The highest BCUT2D eigenvalue weighted by Gasteiger charge is 2.54. The maximum atomic E-state index is 13.5. The van der Waals surface area contributed by atoms with E-state index < -0.39 is 83.3 Å². The molecule has 7 rings (SSSR count). The molecule has 2 aliphatic heterocycles. The van der Waals surface area contributed by atoms with Gasteiger partial charge in [0.1, 0.15) is 53.2 Å². The Hall–Kier alpha value is -9.22. The van der Waals surface area contributed by atoms with E-state index in [0.29, 0.717) is 41.9 Å². The predicted molar refractivity (Wildman–Crippen MR) is 275 cm³/mol. The Kier molecular flexibility index (Phi) is 17.3. The maximum absolute atomic E-state index is 13.5. The summed E-state index contributed by atoms with van der Waals surface area (Å²) in [5.74, 6) is -7.06. The SMILES string of the molecule is C[C@H](NC(=O)[C@H](C)NC(=O)[C@H](CCCCN)NOC(=O)c1ccc(N=Nc2ccc(N(C)C)cc2)cc1)C(=O)N[C@@H](C)C(=O)N[C@@H](C)C(=O)OC(=O)c1ccc2c(c1)C1(OC2=O)c2ccc(O)cc2Oc2cc(O)ccc21. The van der Waals surface area contributed by atoms with E-state index in [1.807, 2.05) is 43.3 Å². The van der Waals surface area contributed by atoms with Gasteiger partial charge in [-0.25, -0.2) is 19.2 Å². The van der Waals surface area contributed by atoms with Crippen LogP contribution in [0.1, 0.15) is 94.7 Å². The molecule has 5 atom stereocenters. The van der Waals surface area contributed by atoms with E-state index in [2.05, 4.69) is 37.0 Å². The molecule has 0 bridgehead atoms. The fourth-order valence-electron chi connectivity index (χ4n) is 8.17. The van der Waals surface area contributed by atoms with Gasteiger partial charge in [-0.2, -0.15) is 10.2 Å². The van der Waals surface area contributed by atoms with Gasteiger partial charge < -0.3 is 61.2 Å². The van der Waals surface area contributed by atoms with Gasteiger partial charge in [-0.15, -0.1) is 5.48 Å². The average Bonchev–Trinajstić information content (AvgIpc) is 3.94. The number of nitrogens with one attached hydrogen (secondary N) is 5. The van der Waals surface area contributed by atoms with Crippen LogP contribution in [-0.2, 0) is 43.9 Å². The van der Waals surface area contributed by atoms with Gasteiger partial charge in [0, 0.05) is 48.6 Å². The summed E-state index contributed by atoms with van der Waals surface area (Å²) in [4.78, 5) is 113. The third-order valence-electron chi connectivity index (χ3n) is 12.5. The van der Waals surface area contributed by atoms with Gasteiger partial charge in [0.2, 0.25) is 23.6 Å². The molecule has 5 aromatic rings. The molecule has 0 unspecified atom stereocenters. The van der Waals surface area contributed by atoms with Crippen LogP contribution in [0.25, 0.3) is 0 Å². The van der Waals surface area contributed by atoms with Crippen molar-refractivity contribution in [2.45, 2.75) is 82.8 Å². The lowest BCUT2D eigenvalue weighted by Gasteiger charge is -2.36. The predicted octanol–water partition coefficient (Wildman–Crippen LogP) is 4.71. The fourth-order valence-corrected chi connectivity index (χ4v) is 8.17. The number of anilines is 1. The van der Waals surface area contributed by atoms with Gasteiger partial charge in [-0.1, -0.05) is 0 Å². The summed E-state index contributed by atoms with van der Waals surface area (Å²) >= 11 is 0. The lowest BCUT2D eigenvalue weighted by molar-refractivity contribution is -0.142. The number of unbranched alkanes of at least 4 members (excludes halogenated alkanes) is 1. The number of hydroxylamine groups is 1. The van der Waals surface area contributed by atoms with Gasteiger partial charge in [0.25, 0.3) is 0 Å². The zero-order valence-corrected chi connectivity index (χ0v) is 42.7. The molecule has 2 aliphatic rings. The van der Waals surface area contributed by atoms with E-state index in [9.17, 15) is 48.6 Å². The van der Waals surface area contributed by atoms with Crippen LogP contribution in [0.2, 0.25) is 0 Å². The minimum absolute atomic E-state index is 0.0792. The lowest BCUT2D eigenvalue weighted by atomic mass is 9.77. The molecular formula is C54H57N9O14. The van der Waals surface area contributed by atoms with E-state index in [4.69, 9.17) is 24.8 Å². The summed E-state index contributed by atoms with van der Waals surface area (Å²) in [5, 5.41) is 38.7. The number of phenols is 2. The second-order valence-corrected chi connectivity index (χ2v) is 18.4. The molecular weight excluding hydrogens is 999 g/mol. The number of nitrogens with two attached hydrogens (primary N) is 1. The monoisotopic (exact) mass is 1060 g/mol. The molecule has 4 amide bonds. The molecule has 2 heterocycles. The number of hydrogen-bond acceptors (Lipinski definition) is 19. The Labute approximate surface area is 441 Å². The summed E-state index contributed by atoms with van der Waals surface area (Å²) in [7, 11) is 3.86. The molecule has 5 aromatic carbocycles. The van der Waals surface area contributed by atoms with Crippen LogP contribution in [0.3, 0.4) is 0 Å². The molecule has 1 spiro atoms. The van der Waals surface area contributed by atoms with Crippen molar-refractivity contribution in [3.05, 3.63) is 137 Å². The number of benzene rings is 5. The number of aromatic hydroxyl groups is 2. The first-order chi connectivity index (χ1) is 36.7. The van der Waals surface area contributed by atoms with E-state index in [1.165, 1.54) is 94.4 Å². The average molecular weight is 1060 g/mol. The van der Waals surface area contributed by atoms with Crippen molar-refractivity contribution >= 4 is 64.6 Å². The Morgan fingerprint density at radius 2 is 1.13 bits per heavy atom. The molecule has 0 aliphatic carbocycles. The highest BCUT2D eigenvalue weighted by Crippen LogP contribution is 2.57. The third kappa shape index (κ3) is 12.8. The van der Waals surface area contributed by atoms with Crippen LogP contribution in [-0.4, -0.2) is 109 Å². The molecule has 0 aromatic heterocycles. The lowest BCUT2D eigenvalue weighted by Crippen LogP contribution is -2.56. The largest absolute Gasteiger partial charge is 0.508 e. The number of phenolic OH excluding ortho intramolecular Hbond substituents is 2. The standard InChI is InChI=1S/C54H57N9O14/c1-28(56-47(67)30(3)58-49(69)43(9-7-8-24-55)62-77-52(72)32-10-13-34(14-11-32)60-61-35-15-17-36(18-16-35)63(5)6)46(66)57-29(2)48(68)59-31(4)50(70)75-51(71)33-12-21-39-42(25-33)54(76-53(39)73)40-22-19-37(64)26-44(40)74-45-27-38(65)20-23-41(45)54/h10-23,25-31,43,62,64-65H,7-9,24,55H2,1-6H3,(H,56,67)(H,57,66)(H,58,69)(H,59,68)/t28-,29-,30-,31-,43-/m0/s1. The number of amides is 4. The summed E-state index contributed by atoms with van der Waals surface area (Å²) in [6, 6.07) is 19.6. The highest BCUT2D eigenvalue weighted by atomic mass is 16.7. The number of hydrogen-bond donors (Lipinski definition) is 8. The van der Waals surface area contributed by atoms with Crippen molar-refractivity contribution in [1.82, 2.24) is 26.7 Å². The topological polar surface area (TPSA) is 328 Å². The zero-order chi connectivity index (χ0) is 55.7.